The maximum atomic E-state index is 13.3. The van der Waals surface area contributed by atoms with Crippen LogP contribution in [-0.4, -0.2) is 41.5 Å². The number of pyridine rings is 1. The summed E-state index contributed by atoms with van der Waals surface area (Å²) in [6.07, 6.45) is 2.18. The summed E-state index contributed by atoms with van der Waals surface area (Å²) in [7, 11) is 1.46. The molecule has 2 heterocycles. The van der Waals surface area contributed by atoms with Gasteiger partial charge in [0.1, 0.15) is 17.6 Å². The van der Waals surface area contributed by atoms with Crippen LogP contribution in [0.15, 0.2) is 72.4 Å². The highest BCUT2D eigenvalue weighted by atomic mass is 35.5. The number of carbonyl (C=O) groups excluding carboxylic acids is 3. The van der Waals surface area contributed by atoms with Crippen LogP contribution >= 0.6 is 11.6 Å². The largest absolute Gasteiger partial charge is 0.507 e. The SMILES string of the molecule is CCCOC(=O)c1cccc(N2C(=O)C(=O)/C(=C(/O)c3cc(OC)ccc3Cl)C2c2ccccn2)c1. The number of Topliss-reactive ketones (excluding diaryl/α,β-unsaturated/α-hetero) is 1. The summed E-state index contributed by atoms with van der Waals surface area (Å²) < 4.78 is 10.4. The molecule has 0 spiro atoms. The van der Waals surface area contributed by atoms with Gasteiger partial charge in [0.15, 0.2) is 0 Å². The summed E-state index contributed by atoms with van der Waals surface area (Å²) in [5.74, 6) is -2.41. The smallest absolute Gasteiger partial charge is 0.338 e. The minimum absolute atomic E-state index is 0.131. The number of ether oxygens (including phenoxy) is 2. The number of benzene rings is 2. The zero-order valence-corrected chi connectivity index (χ0v) is 20.4. The molecule has 2 aromatic carbocycles. The third-order valence-corrected chi connectivity index (χ3v) is 5.97. The van der Waals surface area contributed by atoms with Crippen LogP contribution in [0.4, 0.5) is 5.69 Å². The molecule has 9 heteroatoms. The number of aromatic nitrogens is 1. The first-order valence-corrected chi connectivity index (χ1v) is 11.6. The van der Waals surface area contributed by atoms with E-state index in [9.17, 15) is 19.5 Å². The van der Waals surface area contributed by atoms with Gasteiger partial charge in [-0.1, -0.05) is 30.7 Å². The maximum Gasteiger partial charge on any atom is 0.338 e. The lowest BCUT2D eigenvalue weighted by Crippen LogP contribution is -2.30. The number of aliphatic hydroxyl groups is 1. The van der Waals surface area contributed by atoms with Crippen molar-refractivity contribution in [1.82, 2.24) is 4.98 Å². The van der Waals surface area contributed by atoms with Gasteiger partial charge in [0, 0.05) is 17.4 Å². The summed E-state index contributed by atoms with van der Waals surface area (Å²) in [5.41, 5.74) is 0.781. The highest BCUT2D eigenvalue weighted by molar-refractivity contribution is 6.52. The predicted octanol–water partition coefficient (Wildman–Crippen LogP) is 4.94. The second kappa shape index (κ2) is 10.6. The van der Waals surface area contributed by atoms with Crippen molar-refractivity contribution in [3.05, 3.63) is 94.3 Å². The Hall–Kier alpha value is -4.17. The predicted molar refractivity (Wildman–Crippen MR) is 134 cm³/mol. The molecule has 3 aromatic rings. The van der Waals surface area contributed by atoms with Crippen LogP contribution in [-0.2, 0) is 14.3 Å². The molecule has 1 aromatic heterocycles. The monoisotopic (exact) mass is 506 g/mol. The number of aliphatic hydroxyl groups excluding tert-OH is 1. The highest BCUT2D eigenvalue weighted by Crippen LogP contribution is 2.42. The molecule has 1 aliphatic heterocycles. The molecular weight excluding hydrogens is 484 g/mol. The third kappa shape index (κ3) is 4.67. The fraction of sp³-hybridized carbons (Fsp3) is 0.185. The van der Waals surface area contributed by atoms with Crippen molar-refractivity contribution in [3.8, 4) is 5.75 Å². The number of rotatable bonds is 7. The van der Waals surface area contributed by atoms with Gasteiger partial charge < -0.3 is 14.6 Å². The zero-order chi connectivity index (χ0) is 25.8. The molecule has 1 amide bonds. The zero-order valence-electron chi connectivity index (χ0n) is 19.6. The van der Waals surface area contributed by atoms with Gasteiger partial charge in [-0.25, -0.2) is 4.79 Å². The van der Waals surface area contributed by atoms with Crippen molar-refractivity contribution in [1.29, 1.82) is 0 Å². The molecule has 36 heavy (non-hydrogen) atoms. The van der Waals surface area contributed by atoms with Crippen LogP contribution in [0.25, 0.3) is 5.76 Å². The van der Waals surface area contributed by atoms with Crippen molar-refractivity contribution < 1.29 is 29.0 Å². The van der Waals surface area contributed by atoms with Gasteiger partial charge >= 0.3 is 5.97 Å². The van der Waals surface area contributed by atoms with E-state index in [1.807, 2.05) is 6.92 Å². The first-order valence-electron chi connectivity index (χ1n) is 11.2. The summed E-state index contributed by atoms with van der Waals surface area (Å²) in [5, 5.41) is 11.5. The molecule has 0 bridgehead atoms. The van der Waals surface area contributed by atoms with Crippen molar-refractivity contribution in [2.24, 2.45) is 0 Å². The number of nitrogens with zero attached hydrogens (tertiary/aromatic N) is 2. The molecule has 0 aliphatic carbocycles. The first kappa shape index (κ1) is 24.9. The number of amides is 1. The van der Waals surface area contributed by atoms with Crippen LogP contribution < -0.4 is 9.64 Å². The Labute approximate surface area is 212 Å². The molecular formula is C27H23ClN2O6. The van der Waals surface area contributed by atoms with Gasteiger partial charge in [-0.2, -0.15) is 0 Å². The Bertz CT molecular complexity index is 1360. The number of carbonyl (C=O) groups is 3. The lowest BCUT2D eigenvalue weighted by Gasteiger charge is -2.25. The van der Waals surface area contributed by atoms with E-state index in [0.717, 1.165) is 0 Å². The van der Waals surface area contributed by atoms with Crippen molar-refractivity contribution in [2.45, 2.75) is 19.4 Å². The Balaban J connectivity index is 1.89. The molecule has 4 rings (SSSR count). The normalized spacial score (nSPS) is 16.8. The van der Waals surface area contributed by atoms with E-state index in [1.54, 1.807) is 42.5 Å². The van der Waals surface area contributed by atoms with Crippen LogP contribution in [0, 0.1) is 0 Å². The van der Waals surface area contributed by atoms with E-state index in [4.69, 9.17) is 21.1 Å². The van der Waals surface area contributed by atoms with Crippen LogP contribution in [0.5, 0.6) is 5.75 Å². The van der Waals surface area contributed by atoms with Gasteiger partial charge in [-0.15, -0.1) is 0 Å². The molecule has 0 radical (unpaired) electrons. The van der Waals surface area contributed by atoms with E-state index in [1.165, 1.54) is 36.4 Å². The van der Waals surface area contributed by atoms with Crippen molar-refractivity contribution >= 4 is 40.7 Å². The highest BCUT2D eigenvalue weighted by Gasteiger charge is 2.48. The average molecular weight is 507 g/mol. The van der Waals surface area contributed by atoms with E-state index in [-0.39, 0.29) is 34.0 Å². The molecule has 1 N–H and O–H groups in total. The quantitative estimate of drug-likeness (QED) is 0.209. The van der Waals surface area contributed by atoms with Gasteiger partial charge in [0.2, 0.25) is 0 Å². The Morgan fingerprint density at radius 2 is 1.92 bits per heavy atom. The van der Waals surface area contributed by atoms with Crippen molar-refractivity contribution in [3.63, 3.8) is 0 Å². The second-order valence-corrected chi connectivity index (χ2v) is 8.36. The Morgan fingerprint density at radius 3 is 2.61 bits per heavy atom. The summed E-state index contributed by atoms with van der Waals surface area (Å²) >= 11 is 6.33. The number of ketones is 1. The average Bonchev–Trinajstić information content (AvgIpc) is 3.17. The minimum Gasteiger partial charge on any atom is -0.507 e. The van der Waals surface area contributed by atoms with E-state index in [0.29, 0.717) is 17.9 Å². The van der Waals surface area contributed by atoms with Crippen molar-refractivity contribution in [2.75, 3.05) is 18.6 Å². The molecule has 1 aliphatic rings. The molecule has 184 valence electrons. The minimum atomic E-state index is -1.07. The van der Waals surface area contributed by atoms with Gasteiger partial charge in [0.05, 0.1) is 35.6 Å². The van der Waals surface area contributed by atoms with Crippen LogP contribution in [0.3, 0.4) is 0 Å². The van der Waals surface area contributed by atoms with Crippen LogP contribution in [0.2, 0.25) is 5.02 Å². The van der Waals surface area contributed by atoms with Gasteiger partial charge in [-0.3, -0.25) is 19.5 Å². The first-order chi connectivity index (χ1) is 17.4. The number of hydrogen-bond donors (Lipinski definition) is 1. The molecule has 1 atom stereocenters. The Kier molecular flexibility index (Phi) is 7.36. The fourth-order valence-corrected chi connectivity index (χ4v) is 4.14. The van der Waals surface area contributed by atoms with E-state index >= 15 is 0 Å². The standard InChI is InChI=1S/C27H23ClN2O6/c1-3-13-36-27(34)16-7-6-8-17(14-16)30-23(21-9-4-5-12-29-21)22(25(32)26(30)33)24(31)19-15-18(35-2)10-11-20(19)28/h4-12,14-15,23,31H,3,13H2,1-2H3/b24-22+. The van der Waals surface area contributed by atoms with Gasteiger partial charge in [0.25, 0.3) is 11.7 Å². The molecule has 1 unspecified atom stereocenters. The maximum absolute atomic E-state index is 13.3. The topological polar surface area (TPSA) is 106 Å². The molecule has 1 saturated heterocycles. The number of halogens is 1. The Morgan fingerprint density at radius 1 is 1.11 bits per heavy atom. The lowest BCUT2D eigenvalue weighted by molar-refractivity contribution is -0.132. The second-order valence-electron chi connectivity index (χ2n) is 7.96. The third-order valence-electron chi connectivity index (χ3n) is 5.64. The van der Waals surface area contributed by atoms with E-state index < -0.39 is 29.5 Å². The summed E-state index contributed by atoms with van der Waals surface area (Å²) in [6, 6.07) is 14.8. The van der Waals surface area contributed by atoms with Gasteiger partial charge in [-0.05, 0) is 55.0 Å². The summed E-state index contributed by atoms with van der Waals surface area (Å²) in [6.45, 7) is 2.13. The van der Waals surface area contributed by atoms with E-state index in [2.05, 4.69) is 4.98 Å². The number of hydrogen-bond acceptors (Lipinski definition) is 7. The summed E-state index contributed by atoms with van der Waals surface area (Å²) in [4.78, 5) is 44.6. The number of methoxy groups -OCH3 is 1. The number of anilines is 1. The molecule has 8 nitrogen and oxygen atoms in total. The van der Waals surface area contributed by atoms with Crippen LogP contribution in [0.1, 0.15) is 41.0 Å². The molecule has 0 saturated carbocycles. The lowest BCUT2D eigenvalue weighted by atomic mass is 9.98. The molecule has 1 fully saturated rings. The fourth-order valence-electron chi connectivity index (χ4n) is 3.94. The number of esters is 1.